The normalized spacial score (nSPS) is 12.0. The molecule has 1 heterocycles. The first-order valence-corrected chi connectivity index (χ1v) is 7.66. The number of hydrogen-bond donors (Lipinski definition) is 2. The monoisotopic (exact) mass is 277 g/mol. The van der Waals surface area contributed by atoms with Crippen molar-refractivity contribution in [2.75, 3.05) is 11.9 Å². The average Bonchev–Trinajstić information content (AvgIpc) is 2.45. The summed E-state index contributed by atoms with van der Waals surface area (Å²) in [6.45, 7) is 9.18. The first kappa shape index (κ1) is 16.5. The van der Waals surface area contributed by atoms with Gasteiger partial charge >= 0.3 is 0 Å². The second-order valence-electron chi connectivity index (χ2n) is 5.19. The van der Waals surface area contributed by atoms with Crippen LogP contribution in [-0.2, 0) is 6.42 Å². The zero-order chi connectivity index (χ0) is 15.0. The molecule has 0 saturated heterocycles. The van der Waals surface area contributed by atoms with Gasteiger partial charge in [-0.25, -0.2) is 4.98 Å². The molecular weight excluding hydrogens is 250 g/mol. The third-order valence-electron chi connectivity index (χ3n) is 3.19. The second kappa shape index (κ2) is 8.56. The van der Waals surface area contributed by atoms with Gasteiger partial charge in [-0.05, 0) is 38.3 Å². The number of aryl methyl sites for hydroxylation is 1. The summed E-state index contributed by atoms with van der Waals surface area (Å²) in [6, 6.07) is 3.93. The van der Waals surface area contributed by atoms with Crippen molar-refractivity contribution in [2.45, 2.75) is 59.4 Å². The van der Waals surface area contributed by atoms with Crippen LogP contribution in [0.5, 0.6) is 0 Å². The molecule has 0 aliphatic heterocycles. The topological polar surface area (TPSA) is 54.0 Å². The minimum atomic E-state index is -0.0151. The lowest BCUT2D eigenvalue weighted by Gasteiger charge is -2.13. The number of nitrogens with zero attached hydrogens (tertiary/aromatic N) is 1. The Morgan fingerprint density at radius 3 is 2.60 bits per heavy atom. The first-order valence-electron chi connectivity index (χ1n) is 7.66. The van der Waals surface area contributed by atoms with Gasteiger partial charge in [0, 0.05) is 23.8 Å². The van der Waals surface area contributed by atoms with E-state index in [0.29, 0.717) is 5.56 Å². The Bertz CT molecular complexity index is 432. The molecule has 1 rings (SSSR count). The molecule has 1 atom stereocenters. The minimum Gasteiger partial charge on any atom is -0.370 e. The van der Waals surface area contributed by atoms with E-state index in [2.05, 4.69) is 36.4 Å². The highest BCUT2D eigenvalue weighted by Crippen LogP contribution is 2.13. The van der Waals surface area contributed by atoms with Crippen LogP contribution < -0.4 is 10.6 Å². The smallest absolute Gasteiger partial charge is 0.251 e. The van der Waals surface area contributed by atoms with Gasteiger partial charge in [-0.1, -0.05) is 27.2 Å². The lowest BCUT2D eigenvalue weighted by Crippen LogP contribution is -2.32. The van der Waals surface area contributed by atoms with Gasteiger partial charge in [0.25, 0.3) is 5.91 Å². The average molecular weight is 277 g/mol. The maximum Gasteiger partial charge on any atom is 0.251 e. The minimum absolute atomic E-state index is 0.0151. The fourth-order valence-electron chi connectivity index (χ4n) is 1.86. The molecule has 0 aliphatic carbocycles. The first-order chi connectivity index (χ1) is 9.60. The molecule has 1 aromatic rings. The van der Waals surface area contributed by atoms with Crippen molar-refractivity contribution in [3.63, 3.8) is 0 Å². The third kappa shape index (κ3) is 5.19. The molecule has 0 aliphatic rings. The Morgan fingerprint density at radius 1 is 1.25 bits per heavy atom. The summed E-state index contributed by atoms with van der Waals surface area (Å²) in [5, 5.41) is 6.27. The van der Waals surface area contributed by atoms with Crippen molar-refractivity contribution >= 4 is 11.7 Å². The van der Waals surface area contributed by atoms with Gasteiger partial charge in [0.15, 0.2) is 0 Å². The Kier molecular flexibility index (Phi) is 7.05. The number of hydrogen-bond acceptors (Lipinski definition) is 3. The quantitative estimate of drug-likeness (QED) is 0.766. The second-order valence-corrected chi connectivity index (χ2v) is 5.19. The van der Waals surface area contributed by atoms with E-state index in [1.807, 2.05) is 19.1 Å². The number of carbonyl (C=O) groups excluding carboxylic acids is 1. The Hall–Kier alpha value is -1.58. The molecule has 1 unspecified atom stereocenters. The number of nitrogens with one attached hydrogen (secondary N) is 2. The van der Waals surface area contributed by atoms with Crippen molar-refractivity contribution in [3.05, 3.63) is 23.4 Å². The van der Waals surface area contributed by atoms with Crippen LogP contribution in [0.4, 0.5) is 5.82 Å². The molecule has 1 amide bonds. The van der Waals surface area contributed by atoms with Crippen LogP contribution in [0.25, 0.3) is 0 Å². The molecule has 0 fully saturated rings. The number of aromatic nitrogens is 1. The zero-order valence-electron chi connectivity index (χ0n) is 13.1. The third-order valence-corrected chi connectivity index (χ3v) is 3.19. The van der Waals surface area contributed by atoms with Crippen LogP contribution in [-0.4, -0.2) is 23.5 Å². The van der Waals surface area contributed by atoms with Crippen molar-refractivity contribution < 1.29 is 4.79 Å². The summed E-state index contributed by atoms with van der Waals surface area (Å²) in [6.07, 6.45) is 3.88. The number of amides is 1. The van der Waals surface area contributed by atoms with Crippen LogP contribution in [0.2, 0.25) is 0 Å². The van der Waals surface area contributed by atoms with E-state index >= 15 is 0 Å². The predicted octanol–water partition coefficient (Wildman–Crippen LogP) is 3.38. The molecule has 4 heteroatoms. The van der Waals surface area contributed by atoms with Gasteiger partial charge in [-0.3, -0.25) is 4.79 Å². The van der Waals surface area contributed by atoms with Gasteiger partial charge in [0.1, 0.15) is 5.82 Å². The molecule has 0 radical (unpaired) electrons. The van der Waals surface area contributed by atoms with Gasteiger partial charge < -0.3 is 10.6 Å². The SMILES string of the molecule is CCCNc1cc(C(=O)NC(C)CC)cc(CCC)n1. The molecule has 2 N–H and O–H groups in total. The molecule has 0 saturated carbocycles. The molecule has 1 aromatic heterocycles. The van der Waals surface area contributed by atoms with Crippen LogP contribution in [0.1, 0.15) is 63.0 Å². The Labute approximate surface area is 122 Å². The highest BCUT2D eigenvalue weighted by atomic mass is 16.1. The van der Waals surface area contributed by atoms with Crippen molar-refractivity contribution in [3.8, 4) is 0 Å². The largest absolute Gasteiger partial charge is 0.370 e. The highest BCUT2D eigenvalue weighted by Gasteiger charge is 2.11. The molecule has 112 valence electrons. The maximum atomic E-state index is 12.2. The van der Waals surface area contributed by atoms with E-state index in [4.69, 9.17) is 0 Å². The summed E-state index contributed by atoms with van der Waals surface area (Å²) in [5.74, 6) is 0.783. The standard InChI is InChI=1S/C16H27N3O/c1-5-8-14-10-13(16(20)18-12(4)7-3)11-15(19-14)17-9-6-2/h10-12H,5-9H2,1-4H3,(H,17,19)(H,18,20). The maximum absolute atomic E-state index is 12.2. The van der Waals surface area contributed by atoms with Crippen LogP contribution in [0.3, 0.4) is 0 Å². The van der Waals surface area contributed by atoms with E-state index in [9.17, 15) is 4.79 Å². The summed E-state index contributed by atoms with van der Waals surface area (Å²) in [5.41, 5.74) is 1.67. The van der Waals surface area contributed by atoms with Gasteiger partial charge in [0.2, 0.25) is 0 Å². The van der Waals surface area contributed by atoms with E-state index in [0.717, 1.165) is 43.7 Å². The fraction of sp³-hybridized carbons (Fsp3) is 0.625. The molecule has 0 aromatic carbocycles. The zero-order valence-corrected chi connectivity index (χ0v) is 13.1. The molecule has 0 spiro atoms. The Morgan fingerprint density at radius 2 is 2.00 bits per heavy atom. The van der Waals surface area contributed by atoms with Gasteiger partial charge in [0.05, 0.1) is 0 Å². The molecule has 20 heavy (non-hydrogen) atoms. The van der Waals surface area contributed by atoms with E-state index in [1.54, 1.807) is 0 Å². The predicted molar refractivity (Wildman–Crippen MR) is 84.2 cm³/mol. The van der Waals surface area contributed by atoms with Crippen molar-refractivity contribution in [2.24, 2.45) is 0 Å². The summed E-state index contributed by atoms with van der Waals surface area (Å²) < 4.78 is 0. The van der Waals surface area contributed by atoms with E-state index in [-0.39, 0.29) is 11.9 Å². The van der Waals surface area contributed by atoms with E-state index in [1.165, 1.54) is 0 Å². The van der Waals surface area contributed by atoms with Crippen LogP contribution in [0, 0.1) is 0 Å². The lowest BCUT2D eigenvalue weighted by molar-refractivity contribution is 0.0939. The van der Waals surface area contributed by atoms with Crippen molar-refractivity contribution in [1.82, 2.24) is 10.3 Å². The lowest BCUT2D eigenvalue weighted by atomic mass is 10.1. The van der Waals surface area contributed by atoms with Crippen LogP contribution in [0.15, 0.2) is 12.1 Å². The van der Waals surface area contributed by atoms with Gasteiger partial charge in [-0.15, -0.1) is 0 Å². The fourth-order valence-corrected chi connectivity index (χ4v) is 1.86. The van der Waals surface area contributed by atoms with E-state index < -0.39 is 0 Å². The summed E-state index contributed by atoms with van der Waals surface area (Å²) in [7, 11) is 0. The summed E-state index contributed by atoms with van der Waals surface area (Å²) >= 11 is 0. The number of anilines is 1. The summed E-state index contributed by atoms with van der Waals surface area (Å²) in [4.78, 5) is 16.8. The van der Waals surface area contributed by atoms with Crippen molar-refractivity contribution in [1.29, 1.82) is 0 Å². The number of pyridine rings is 1. The number of rotatable bonds is 8. The number of carbonyl (C=O) groups is 1. The molecule has 0 bridgehead atoms. The Balaban J connectivity index is 2.92. The highest BCUT2D eigenvalue weighted by molar-refractivity contribution is 5.95. The van der Waals surface area contributed by atoms with Gasteiger partial charge in [-0.2, -0.15) is 0 Å². The molecule has 4 nitrogen and oxygen atoms in total. The van der Waals surface area contributed by atoms with Crippen LogP contribution >= 0.6 is 0 Å². The molecular formula is C16H27N3O.